The van der Waals surface area contributed by atoms with Gasteiger partial charge in [-0.2, -0.15) is 15.0 Å². The average molecular weight is 467 g/mol. The second-order valence-corrected chi connectivity index (χ2v) is 8.40. The molecule has 35 heavy (non-hydrogen) atoms. The van der Waals surface area contributed by atoms with Crippen molar-refractivity contribution in [1.82, 2.24) is 19.9 Å². The highest BCUT2D eigenvalue weighted by Crippen LogP contribution is 2.29. The third kappa shape index (κ3) is 3.85. The molecule has 9 heteroatoms. The number of para-hydroxylation sites is 1. The van der Waals surface area contributed by atoms with E-state index in [9.17, 15) is 10.1 Å². The summed E-state index contributed by atoms with van der Waals surface area (Å²) in [5, 5.41) is 22.6. The molecule has 0 fully saturated rings. The van der Waals surface area contributed by atoms with Gasteiger partial charge in [0.2, 0.25) is 5.91 Å². The quantitative estimate of drug-likeness (QED) is 0.404. The van der Waals surface area contributed by atoms with Crippen LogP contribution in [0.25, 0.3) is 27.7 Å². The summed E-state index contributed by atoms with van der Waals surface area (Å²) in [5.41, 5.74) is 5.03. The minimum Gasteiger partial charge on any atom is -0.494 e. The van der Waals surface area contributed by atoms with Crippen LogP contribution < -0.4 is 10.1 Å². The van der Waals surface area contributed by atoms with Gasteiger partial charge in [-0.1, -0.05) is 23.4 Å². The van der Waals surface area contributed by atoms with Crippen LogP contribution in [-0.2, 0) is 11.2 Å². The Morgan fingerprint density at radius 1 is 1.17 bits per heavy atom. The van der Waals surface area contributed by atoms with Crippen LogP contribution in [0.15, 0.2) is 47.1 Å². The maximum absolute atomic E-state index is 13.0. The monoisotopic (exact) mass is 466 g/mol. The third-order valence-electron chi connectivity index (χ3n) is 5.89. The van der Waals surface area contributed by atoms with E-state index in [1.165, 1.54) is 10.9 Å². The summed E-state index contributed by atoms with van der Waals surface area (Å²) in [4.78, 5) is 17.8. The number of nitrogens with one attached hydrogen (secondary N) is 1. The van der Waals surface area contributed by atoms with Crippen LogP contribution >= 0.6 is 0 Å². The normalized spacial score (nSPS) is 11.1. The first-order chi connectivity index (χ1) is 16.9. The van der Waals surface area contributed by atoms with Gasteiger partial charge in [-0.15, -0.1) is 0 Å². The first-order valence-corrected chi connectivity index (χ1v) is 11.0. The van der Waals surface area contributed by atoms with Crippen LogP contribution in [0.3, 0.4) is 0 Å². The molecule has 0 aliphatic rings. The van der Waals surface area contributed by atoms with E-state index in [0.29, 0.717) is 28.4 Å². The standard InChI is InChI=1S/C26H22N6O3/c1-14-8-16(3)25-19(9-14)20(31-35-25)11-23(33)30-26-17(12-27)13-28-32(26)22-10-15(2)18-6-5-7-21(34-4)24(18)29-22/h5-10,13H,11H2,1-4H3,(H,30,33). The number of methoxy groups -OCH3 is 1. The van der Waals surface area contributed by atoms with Gasteiger partial charge in [-0.05, 0) is 55.7 Å². The van der Waals surface area contributed by atoms with Gasteiger partial charge >= 0.3 is 0 Å². The number of pyridine rings is 1. The number of ether oxygens (including phenoxy) is 1. The number of aryl methyl sites for hydroxylation is 3. The summed E-state index contributed by atoms with van der Waals surface area (Å²) >= 11 is 0. The molecule has 0 saturated carbocycles. The Labute approximate surface area is 200 Å². The SMILES string of the molecule is COc1cccc2c(C)cc(-n3ncc(C#N)c3NC(=O)Cc3noc4c(C)cc(C)cc34)nc12. The number of hydrogen-bond acceptors (Lipinski definition) is 7. The molecule has 3 heterocycles. The molecule has 5 rings (SSSR count). The zero-order chi connectivity index (χ0) is 24.7. The number of carbonyl (C=O) groups excluding carboxylic acids is 1. The van der Waals surface area contributed by atoms with E-state index in [4.69, 9.17) is 14.2 Å². The topological polar surface area (TPSA) is 119 Å². The molecule has 1 amide bonds. The van der Waals surface area contributed by atoms with Crippen molar-refractivity contribution in [1.29, 1.82) is 5.26 Å². The lowest BCUT2D eigenvalue weighted by Gasteiger charge is -2.12. The van der Waals surface area contributed by atoms with Crippen molar-refractivity contribution in [2.24, 2.45) is 0 Å². The van der Waals surface area contributed by atoms with Crippen LogP contribution in [0.1, 0.15) is 27.9 Å². The predicted octanol–water partition coefficient (Wildman–Crippen LogP) is 4.55. The molecule has 0 aliphatic carbocycles. The van der Waals surface area contributed by atoms with E-state index in [2.05, 4.69) is 21.6 Å². The molecule has 3 aromatic heterocycles. The fourth-order valence-corrected chi connectivity index (χ4v) is 4.27. The average Bonchev–Trinajstić information content (AvgIpc) is 3.42. The van der Waals surface area contributed by atoms with Gasteiger partial charge in [0.25, 0.3) is 0 Å². The van der Waals surface area contributed by atoms with E-state index in [1.807, 2.05) is 57.2 Å². The molecule has 5 aromatic rings. The van der Waals surface area contributed by atoms with Gasteiger partial charge < -0.3 is 14.6 Å². The lowest BCUT2D eigenvalue weighted by Crippen LogP contribution is -2.18. The van der Waals surface area contributed by atoms with Crippen molar-refractivity contribution in [2.45, 2.75) is 27.2 Å². The van der Waals surface area contributed by atoms with Crippen molar-refractivity contribution in [2.75, 3.05) is 12.4 Å². The highest BCUT2D eigenvalue weighted by molar-refractivity contribution is 5.96. The number of hydrogen-bond donors (Lipinski definition) is 1. The fourth-order valence-electron chi connectivity index (χ4n) is 4.27. The van der Waals surface area contributed by atoms with E-state index in [0.717, 1.165) is 27.5 Å². The number of rotatable bonds is 5. The zero-order valence-corrected chi connectivity index (χ0v) is 19.7. The van der Waals surface area contributed by atoms with Crippen LogP contribution in [0.5, 0.6) is 5.75 Å². The first kappa shape index (κ1) is 22.1. The second kappa shape index (κ2) is 8.57. The highest BCUT2D eigenvalue weighted by atomic mass is 16.5. The number of anilines is 1. The molecular formula is C26H22N6O3. The van der Waals surface area contributed by atoms with Crippen molar-refractivity contribution in [3.05, 3.63) is 70.5 Å². The van der Waals surface area contributed by atoms with Crippen molar-refractivity contribution in [3.8, 4) is 17.6 Å². The molecule has 2 aromatic carbocycles. The molecule has 0 radical (unpaired) electrons. The number of nitriles is 1. The lowest BCUT2D eigenvalue weighted by molar-refractivity contribution is -0.115. The fraction of sp³-hybridized carbons (Fsp3) is 0.192. The number of aromatic nitrogens is 4. The van der Waals surface area contributed by atoms with Gasteiger partial charge in [-0.25, -0.2) is 4.98 Å². The van der Waals surface area contributed by atoms with E-state index in [1.54, 1.807) is 7.11 Å². The van der Waals surface area contributed by atoms with Gasteiger partial charge in [0.1, 0.15) is 28.6 Å². The Bertz CT molecular complexity index is 1660. The molecule has 0 aliphatic heterocycles. The van der Waals surface area contributed by atoms with Crippen molar-refractivity contribution >= 4 is 33.6 Å². The summed E-state index contributed by atoms with van der Waals surface area (Å²) in [6, 6.07) is 13.6. The summed E-state index contributed by atoms with van der Waals surface area (Å²) < 4.78 is 12.4. The van der Waals surface area contributed by atoms with E-state index in [-0.39, 0.29) is 23.7 Å². The van der Waals surface area contributed by atoms with Crippen LogP contribution in [0.2, 0.25) is 0 Å². The first-order valence-electron chi connectivity index (χ1n) is 11.0. The van der Waals surface area contributed by atoms with Crippen LogP contribution in [0, 0.1) is 32.1 Å². The molecule has 0 saturated heterocycles. The maximum Gasteiger partial charge on any atom is 0.231 e. The molecule has 0 spiro atoms. The highest BCUT2D eigenvalue weighted by Gasteiger charge is 2.20. The molecule has 0 bridgehead atoms. The largest absolute Gasteiger partial charge is 0.494 e. The number of benzene rings is 2. The minimum absolute atomic E-state index is 0.0239. The second-order valence-electron chi connectivity index (χ2n) is 8.40. The molecule has 1 N–H and O–H groups in total. The van der Waals surface area contributed by atoms with Gasteiger partial charge in [0, 0.05) is 10.8 Å². The lowest BCUT2D eigenvalue weighted by atomic mass is 10.1. The number of fused-ring (bicyclic) bond motifs is 2. The van der Waals surface area contributed by atoms with Gasteiger partial charge in [-0.3, -0.25) is 4.79 Å². The van der Waals surface area contributed by atoms with Gasteiger partial charge in [0.15, 0.2) is 17.2 Å². The molecule has 174 valence electrons. The zero-order valence-electron chi connectivity index (χ0n) is 19.7. The Kier molecular flexibility index (Phi) is 5.41. The Balaban J connectivity index is 1.52. The van der Waals surface area contributed by atoms with Crippen molar-refractivity contribution in [3.63, 3.8) is 0 Å². The van der Waals surface area contributed by atoms with E-state index >= 15 is 0 Å². The molecule has 0 unspecified atom stereocenters. The number of carbonyl (C=O) groups is 1. The summed E-state index contributed by atoms with van der Waals surface area (Å²) in [6.07, 6.45) is 1.38. The molecule has 9 nitrogen and oxygen atoms in total. The Hall–Kier alpha value is -4.71. The summed E-state index contributed by atoms with van der Waals surface area (Å²) in [7, 11) is 1.59. The van der Waals surface area contributed by atoms with Crippen molar-refractivity contribution < 1.29 is 14.1 Å². The summed E-state index contributed by atoms with van der Waals surface area (Å²) in [5.74, 6) is 0.954. The summed E-state index contributed by atoms with van der Waals surface area (Å²) in [6.45, 7) is 5.88. The van der Waals surface area contributed by atoms with Gasteiger partial charge in [0.05, 0.1) is 19.7 Å². The minimum atomic E-state index is -0.354. The number of nitrogens with zero attached hydrogens (tertiary/aromatic N) is 5. The predicted molar refractivity (Wildman–Crippen MR) is 131 cm³/mol. The maximum atomic E-state index is 13.0. The van der Waals surface area contributed by atoms with Crippen LogP contribution in [-0.4, -0.2) is 32.9 Å². The Morgan fingerprint density at radius 3 is 2.77 bits per heavy atom. The number of amides is 1. The molecule has 0 atom stereocenters. The molecular weight excluding hydrogens is 444 g/mol. The third-order valence-corrected chi connectivity index (χ3v) is 5.89. The smallest absolute Gasteiger partial charge is 0.231 e. The van der Waals surface area contributed by atoms with E-state index < -0.39 is 0 Å². The van der Waals surface area contributed by atoms with Crippen LogP contribution in [0.4, 0.5) is 5.82 Å². The Morgan fingerprint density at radius 2 is 2.00 bits per heavy atom.